The Kier molecular flexibility index (Phi) is 8.41. The summed E-state index contributed by atoms with van der Waals surface area (Å²) in [5, 5.41) is 4.98. The molecule has 0 N–H and O–H groups in total. The first-order valence-electron chi connectivity index (χ1n) is 22.7. The average molecular weight is 826 g/mol. The van der Waals surface area contributed by atoms with Gasteiger partial charge in [0.1, 0.15) is 0 Å². The third-order valence-electron chi connectivity index (χ3n) is 14.4. The van der Waals surface area contributed by atoms with Gasteiger partial charge in [-0.3, -0.25) is 0 Å². The zero-order chi connectivity index (χ0) is 43.0. The number of hydrogen-bond donors (Lipinski definition) is 0. The first-order chi connectivity index (χ1) is 32.2. The third kappa shape index (κ3) is 5.39. The summed E-state index contributed by atoms with van der Waals surface area (Å²) in [7, 11) is 0. The maximum absolute atomic E-state index is 2.47. The van der Waals surface area contributed by atoms with Crippen LogP contribution in [0.5, 0.6) is 0 Å². The number of rotatable bonds is 7. The molecule has 1 heteroatoms. The van der Waals surface area contributed by atoms with Crippen molar-refractivity contribution >= 4 is 38.6 Å². The first-order valence-corrected chi connectivity index (χ1v) is 22.7. The van der Waals surface area contributed by atoms with E-state index < -0.39 is 10.8 Å². The van der Waals surface area contributed by atoms with Crippen LogP contribution in [0.1, 0.15) is 44.5 Å². The third-order valence-corrected chi connectivity index (χ3v) is 14.4. The number of anilines is 3. The molecule has 0 aliphatic heterocycles. The molecule has 13 rings (SSSR count). The minimum absolute atomic E-state index is 0.480. The van der Waals surface area contributed by atoms with Crippen LogP contribution in [0.4, 0.5) is 17.1 Å². The molecule has 0 heterocycles. The van der Waals surface area contributed by atoms with Gasteiger partial charge in [0.2, 0.25) is 0 Å². The molecule has 304 valence electrons. The lowest BCUT2D eigenvalue weighted by molar-refractivity contribution is 0.768. The molecule has 0 radical (unpaired) electrons. The highest BCUT2D eigenvalue weighted by Gasteiger charge is 2.47. The molecule has 11 aromatic rings. The topological polar surface area (TPSA) is 3.24 Å². The molecule has 65 heavy (non-hydrogen) atoms. The van der Waals surface area contributed by atoms with Gasteiger partial charge in [-0.2, -0.15) is 0 Å². The van der Waals surface area contributed by atoms with Crippen molar-refractivity contribution in [3.8, 4) is 22.3 Å². The lowest BCUT2D eigenvalue weighted by Crippen LogP contribution is -2.29. The second-order valence-corrected chi connectivity index (χ2v) is 17.5. The summed E-state index contributed by atoms with van der Waals surface area (Å²) in [5.41, 5.74) is 17.7. The highest BCUT2D eigenvalue weighted by Crippen LogP contribution is 2.59. The van der Waals surface area contributed by atoms with Crippen LogP contribution in [0.15, 0.2) is 261 Å². The van der Waals surface area contributed by atoms with E-state index in [2.05, 4.69) is 266 Å². The second-order valence-electron chi connectivity index (χ2n) is 17.5. The molecular formula is C64H43N. The van der Waals surface area contributed by atoms with Gasteiger partial charge in [-0.25, -0.2) is 0 Å². The Morgan fingerprint density at radius 2 is 0.615 bits per heavy atom. The van der Waals surface area contributed by atoms with Gasteiger partial charge < -0.3 is 4.90 Å². The van der Waals surface area contributed by atoms with Gasteiger partial charge in [-0.1, -0.05) is 224 Å². The summed E-state index contributed by atoms with van der Waals surface area (Å²) in [6.45, 7) is 0. The Bertz CT molecular complexity index is 3510. The molecule has 1 nitrogen and oxygen atoms in total. The molecule has 0 spiro atoms. The summed E-state index contributed by atoms with van der Waals surface area (Å²) in [6.07, 6.45) is 0. The van der Waals surface area contributed by atoms with E-state index in [-0.39, 0.29) is 0 Å². The van der Waals surface area contributed by atoms with Gasteiger partial charge in [0.05, 0.1) is 10.8 Å². The fourth-order valence-electron chi connectivity index (χ4n) is 11.7. The zero-order valence-electron chi connectivity index (χ0n) is 35.8. The van der Waals surface area contributed by atoms with Crippen molar-refractivity contribution < 1.29 is 0 Å². The van der Waals surface area contributed by atoms with Crippen LogP contribution in [-0.2, 0) is 10.8 Å². The van der Waals surface area contributed by atoms with Crippen LogP contribution < -0.4 is 4.90 Å². The molecule has 0 amide bonds. The van der Waals surface area contributed by atoms with Crippen LogP contribution >= 0.6 is 0 Å². The normalized spacial score (nSPS) is 13.8. The minimum atomic E-state index is -0.520. The van der Waals surface area contributed by atoms with E-state index in [1.807, 2.05) is 0 Å². The van der Waals surface area contributed by atoms with Crippen molar-refractivity contribution in [2.24, 2.45) is 0 Å². The Morgan fingerprint density at radius 3 is 1.18 bits per heavy atom. The first kappa shape index (κ1) is 37.3. The molecule has 0 bridgehead atoms. The molecular weight excluding hydrogens is 783 g/mol. The smallest absolute Gasteiger partial charge is 0.0714 e. The summed E-state index contributed by atoms with van der Waals surface area (Å²) in [5.74, 6) is 0. The van der Waals surface area contributed by atoms with Crippen molar-refractivity contribution in [2.45, 2.75) is 10.8 Å². The molecule has 0 aromatic heterocycles. The van der Waals surface area contributed by atoms with E-state index in [0.29, 0.717) is 0 Å². The highest BCUT2D eigenvalue weighted by molar-refractivity contribution is 6.08. The van der Waals surface area contributed by atoms with E-state index >= 15 is 0 Å². The Balaban J connectivity index is 1.05. The summed E-state index contributed by atoms with van der Waals surface area (Å²) in [6, 6.07) is 97.1. The highest BCUT2D eigenvalue weighted by atomic mass is 15.1. The summed E-state index contributed by atoms with van der Waals surface area (Å²) in [4.78, 5) is 2.47. The predicted octanol–water partition coefficient (Wildman–Crippen LogP) is 16.2. The minimum Gasteiger partial charge on any atom is -0.310 e. The predicted molar refractivity (Wildman–Crippen MR) is 271 cm³/mol. The SMILES string of the molecule is c1ccc(C2(c3ccc(N(c4ccc5c(c4)C(c4ccccc4)(c4ccccc4)c4ccccc4-5)c4ccc5c(ccc6ccccc65)c4)cc3)c3ccccc3-c3ccccc32)cc1. The van der Waals surface area contributed by atoms with Crippen LogP contribution in [0, 0.1) is 0 Å². The molecule has 0 fully saturated rings. The maximum Gasteiger partial charge on any atom is 0.0714 e. The number of fused-ring (bicyclic) bond motifs is 9. The van der Waals surface area contributed by atoms with Crippen molar-refractivity contribution in [1.82, 2.24) is 0 Å². The summed E-state index contributed by atoms with van der Waals surface area (Å²) < 4.78 is 0. The van der Waals surface area contributed by atoms with Gasteiger partial charge in [0.15, 0.2) is 0 Å². The van der Waals surface area contributed by atoms with Crippen LogP contribution in [0.3, 0.4) is 0 Å². The molecule has 2 aliphatic carbocycles. The van der Waals surface area contributed by atoms with Gasteiger partial charge in [0, 0.05) is 17.1 Å². The fraction of sp³-hybridized carbons (Fsp3) is 0.0312. The molecule has 0 unspecified atom stereocenters. The average Bonchev–Trinajstić information content (AvgIpc) is 3.86. The number of nitrogens with zero attached hydrogens (tertiary/aromatic N) is 1. The van der Waals surface area contributed by atoms with Gasteiger partial charge in [-0.15, -0.1) is 0 Å². The number of benzene rings is 11. The van der Waals surface area contributed by atoms with Crippen LogP contribution in [-0.4, -0.2) is 0 Å². The Labute approximate surface area is 380 Å². The van der Waals surface area contributed by atoms with Crippen molar-refractivity contribution in [3.05, 3.63) is 305 Å². The Morgan fingerprint density at radius 1 is 0.231 bits per heavy atom. The standard InChI is InChI=1S/C64H43N/c1-4-19-46(20-5-1)63(59-29-15-12-26-55(59)56-27-13-16-30-60(56)63)49-34-36-50(37-35-49)65(51-38-40-54-45(42-51)33-32-44-18-10-11-25-53(44)54)52-39-41-58-57-28-14-17-31-61(57)64(62(58)43-52,47-21-6-2-7-22-47)48-23-8-3-9-24-48/h1-43H. The largest absolute Gasteiger partial charge is 0.310 e. The van der Waals surface area contributed by atoms with E-state index in [1.54, 1.807) is 0 Å². The van der Waals surface area contributed by atoms with E-state index in [1.165, 1.54) is 88.3 Å². The molecule has 0 saturated carbocycles. The van der Waals surface area contributed by atoms with Crippen molar-refractivity contribution in [3.63, 3.8) is 0 Å². The second kappa shape index (κ2) is 14.7. The Hall–Kier alpha value is -8.26. The van der Waals surface area contributed by atoms with Gasteiger partial charge in [0.25, 0.3) is 0 Å². The van der Waals surface area contributed by atoms with E-state index in [0.717, 1.165) is 17.1 Å². The van der Waals surface area contributed by atoms with Gasteiger partial charge >= 0.3 is 0 Å². The molecule has 0 saturated heterocycles. The van der Waals surface area contributed by atoms with Crippen LogP contribution in [0.2, 0.25) is 0 Å². The lowest BCUT2D eigenvalue weighted by Gasteiger charge is -2.35. The fourth-order valence-corrected chi connectivity index (χ4v) is 11.7. The maximum atomic E-state index is 2.47. The van der Waals surface area contributed by atoms with E-state index in [4.69, 9.17) is 0 Å². The quantitative estimate of drug-likeness (QED) is 0.145. The summed E-state index contributed by atoms with van der Waals surface area (Å²) >= 11 is 0. The van der Waals surface area contributed by atoms with Crippen LogP contribution in [0.25, 0.3) is 43.8 Å². The monoisotopic (exact) mass is 825 g/mol. The van der Waals surface area contributed by atoms with Crippen molar-refractivity contribution in [2.75, 3.05) is 4.90 Å². The van der Waals surface area contributed by atoms with Crippen molar-refractivity contribution in [1.29, 1.82) is 0 Å². The molecule has 11 aromatic carbocycles. The molecule has 0 atom stereocenters. The van der Waals surface area contributed by atoms with E-state index in [9.17, 15) is 0 Å². The lowest BCUT2D eigenvalue weighted by atomic mass is 9.67. The molecule has 2 aliphatic rings. The zero-order valence-corrected chi connectivity index (χ0v) is 35.8. The number of hydrogen-bond acceptors (Lipinski definition) is 1. The van der Waals surface area contributed by atoms with Gasteiger partial charge in [-0.05, 0) is 125 Å².